The second kappa shape index (κ2) is 9.86. The third-order valence-corrected chi connectivity index (χ3v) is 8.02. The number of hydrogen-bond acceptors (Lipinski definition) is 0. The van der Waals surface area contributed by atoms with Crippen LogP contribution in [0.15, 0.2) is 139 Å². The molecule has 0 spiro atoms. The van der Waals surface area contributed by atoms with Gasteiger partial charge < -0.3 is 0 Å². The van der Waals surface area contributed by atoms with Crippen LogP contribution in [0.1, 0.15) is 37.2 Å². The van der Waals surface area contributed by atoms with Crippen molar-refractivity contribution in [1.29, 1.82) is 0 Å². The minimum atomic E-state index is -0.701. The fraction of sp³-hybridized carbons (Fsp3) is 0.0952. The van der Waals surface area contributed by atoms with E-state index in [0.717, 1.165) is 33.4 Å². The number of hydrogen-bond donors (Lipinski definition) is 0. The first-order valence-electron chi connectivity index (χ1n) is 20.5. The van der Waals surface area contributed by atoms with E-state index in [1.165, 1.54) is 5.56 Å². The van der Waals surface area contributed by atoms with Gasteiger partial charge in [-0.25, -0.2) is 0 Å². The molecule has 8 rings (SSSR count). The van der Waals surface area contributed by atoms with E-state index >= 15 is 0 Å². The Morgan fingerprint density at radius 3 is 1.79 bits per heavy atom. The zero-order valence-corrected chi connectivity index (χ0v) is 23.1. The second-order valence-electron chi connectivity index (χ2n) is 11.0. The van der Waals surface area contributed by atoms with Crippen molar-refractivity contribution in [1.82, 2.24) is 0 Å². The molecule has 0 amide bonds. The molecule has 0 saturated heterocycles. The van der Waals surface area contributed by atoms with Crippen LogP contribution in [0.25, 0.3) is 76.1 Å². The molecule has 8 aromatic rings. The Labute approximate surface area is 265 Å². The molecule has 0 heterocycles. The Morgan fingerprint density at radius 1 is 0.500 bits per heavy atom. The molecular formula is C42H32. The van der Waals surface area contributed by atoms with Gasteiger partial charge in [0.1, 0.15) is 0 Å². The molecule has 42 heavy (non-hydrogen) atoms. The summed E-state index contributed by atoms with van der Waals surface area (Å²) in [6, 6.07) is 11.7. The van der Waals surface area contributed by atoms with Crippen LogP contribution in [-0.2, 0) is 6.42 Å². The molecule has 8 aromatic carbocycles. The molecule has 0 saturated carbocycles. The van der Waals surface area contributed by atoms with Crippen LogP contribution < -0.4 is 0 Å². The van der Waals surface area contributed by atoms with E-state index in [0.29, 0.717) is 16.9 Å². The molecule has 0 atom stereocenters. The first kappa shape index (κ1) is 14.8. The zero-order valence-electron chi connectivity index (χ0n) is 36.1. The van der Waals surface area contributed by atoms with Crippen LogP contribution in [0.2, 0.25) is 0 Å². The lowest BCUT2D eigenvalue weighted by molar-refractivity contribution is 0.653. The van der Waals surface area contributed by atoms with E-state index in [9.17, 15) is 5.48 Å². The summed E-state index contributed by atoms with van der Waals surface area (Å²) < 4.78 is 115. The van der Waals surface area contributed by atoms with E-state index in [2.05, 4.69) is 32.0 Å². The lowest BCUT2D eigenvalue weighted by atomic mass is 9.83. The van der Waals surface area contributed by atoms with E-state index < -0.39 is 84.1 Å². The molecule has 0 aliphatic heterocycles. The maximum Gasteiger partial charge on any atom is 0.0629 e. The molecule has 0 N–H and O–H groups in total. The van der Waals surface area contributed by atoms with Crippen LogP contribution in [0.5, 0.6) is 0 Å². The van der Waals surface area contributed by atoms with Crippen molar-refractivity contribution in [2.45, 2.75) is 20.3 Å². The van der Waals surface area contributed by atoms with Crippen LogP contribution in [0.4, 0.5) is 0 Å². The number of benzene rings is 8. The highest BCUT2D eigenvalue weighted by Gasteiger charge is 2.19. The Morgan fingerprint density at radius 2 is 1.10 bits per heavy atom. The summed E-state index contributed by atoms with van der Waals surface area (Å²) in [6.45, 7) is 4.33. The second-order valence-corrected chi connectivity index (χ2v) is 11.0. The molecule has 0 heteroatoms. The van der Waals surface area contributed by atoms with Gasteiger partial charge in [-0.15, -0.1) is 0 Å². The largest absolute Gasteiger partial charge is 0.0629 e. The highest BCUT2D eigenvalue weighted by Crippen LogP contribution is 2.46. The minimum Gasteiger partial charge on any atom is -0.0625 e. The first-order valence-corrected chi connectivity index (χ1v) is 14.0. The highest BCUT2D eigenvalue weighted by molar-refractivity contribution is 6.25. The van der Waals surface area contributed by atoms with E-state index in [1.54, 1.807) is 6.07 Å². The molecule has 0 unspecified atom stereocenters. The third-order valence-electron chi connectivity index (χ3n) is 8.02. The Balaban J connectivity index is 1.67. The Bertz CT molecular complexity index is 2910. The Kier molecular flexibility index (Phi) is 3.47. The predicted octanol–water partition coefficient (Wildman–Crippen LogP) is 12.0. The highest BCUT2D eigenvalue weighted by atomic mass is 14.2. The van der Waals surface area contributed by atoms with Crippen LogP contribution in [-0.4, -0.2) is 0 Å². The van der Waals surface area contributed by atoms with Crippen molar-refractivity contribution >= 4 is 53.9 Å². The molecule has 0 aliphatic carbocycles. The first-order chi connectivity index (χ1) is 26.1. The summed E-state index contributed by atoms with van der Waals surface area (Å²) in [7, 11) is 0. The minimum absolute atomic E-state index is 0.100. The topological polar surface area (TPSA) is 0 Å². The average Bonchev–Trinajstić information content (AvgIpc) is 3.17. The summed E-state index contributed by atoms with van der Waals surface area (Å²) in [5.74, 6) is 0.362. The fourth-order valence-electron chi connectivity index (χ4n) is 6.36. The molecule has 0 bridgehead atoms. The molecule has 0 fully saturated rings. The van der Waals surface area contributed by atoms with E-state index in [1.807, 2.05) is 36.4 Å². The van der Waals surface area contributed by atoms with Gasteiger partial charge >= 0.3 is 0 Å². The van der Waals surface area contributed by atoms with Crippen molar-refractivity contribution in [2.75, 3.05) is 0 Å². The van der Waals surface area contributed by atoms with Crippen molar-refractivity contribution < 1.29 is 17.8 Å². The summed E-state index contributed by atoms with van der Waals surface area (Å²) in [6.07, 6.45) is 0.823. The van der Waals surface area contributed by atoms with E-state index in [-0.39, 0.29) is 32.7 Å². The number of fused-ring (bicyclic) bond motifs is 6. The molecule has 0 radical (unpaired) electrons. The Hall–Kier alpha value is -4.94. The van der Waals surface area contributed by atoms with Crippen molar-refractivity contribution in [3.8, 4) is 22.3 Å². The smallest absolute Gasteiger partial charge is 0.0625 e. The maximum absolute atomic E-state index is 9.34. The molecule has 0 aromatic heterocycles. The van der Waals surface area contributed by atoms with Gasteiger partial charge in [0.15, 0.2) is 0 Å². The fourth-order valence-corrected chi connectivity index (χ4v) is 6.36. The normalized spacial score (nSPS) is 16.2. The molecule has 0 aliphatic rings. The van der Waals surface area contributed by atoms with Crippen LogP contribution in [0.3, 0.4) is 0 Å². The van der Waals surface area contributed by atoms with Crippen LogP contribution in [0, 0.1) is 5.92 Å². The zero-order chi connectivity index (χ0) is 39.5. The SMILES string of the molecule is [2H]c1c([2H])c([2H])c(-c2c3c([2H])c([2H])c([2H])c([2H])c3c(-c3cccc4c3ccc3c(CC(C)C)c5ccccc5cc34)c3c([2H])c([2H])c([2H])c([2H])c23)c([2H])c1[2H]. The number of rotatable bonds is 4. The van der Waals surface area contributed by atoms with Crippen molar-refractivity contribution in [3.05, 3.63) is 145 Å². The quantitative estimate of drug-likeness (QED) is 0.151. The predicted molar refractivity (Wildman–Crippen MR) is 183 cm³/mol. The maximum atomic E-state index is 9.34. The molecular weight excluding hydrogens is 504 g/mol. The lowest BCUT2D eigenvalue weighted by Gasteiger charge is -2.20. The third kappa shape index (κ3) is 3.83. The van der Waals surface area contributed by atoms with Gasteiger partial charge in [0.2, 0.25) is 0 Å². The van der Waals surface area contributed by atoms with Gasteiger partial charge in [0.05, 0.1) is 17.8 Å². The summed E-state index contributed by atoms with van der Waals surface area (Å²) in [5, 5.41) is 5.03. The van der Waals surface area contributed by atoms with Crippen LogP contribution >= 0.6 is 0 Å². The van der Waals surface area contributed by atoms with E-state index in [4.69, 9.17) is 12.3 Å². The summed E-state index contributed by atoms with van der Waals surface area (Å²) in [5.41, 5.74) is 1.03. The molecule has 0 nitrogen and oxygen atoms in total. The van der Waals surface area contributed by atoms with Crippen molar-refractivity contribution in [3.63, 3.8) is 0 Å². The average molecular weight is 550 g/mol. The standard InChI is InChI=1S/C42H32/c1-27(2)25-39-30-16-7-6-15-29(30)26-40-31-21-12-22-34(32(31)23-24-33(39)40)42-37-19-10-8-17-35(37)41(28-13-4-3-5-14-28)36-18-9-11-20-38(36)42/h3-24,26-27H,25H2,1-2H3/i3D,4D,5D,8D,9D,10D,11D,13D,14D,17D,18D,19D,20D. The van der Waals surface area contributed by atoms with Gasteiger partial charge in [0, 0.05) is 0 Å². The monoisotopic (exact) mass is 549 g/mol. The van der Waals surface area contributed by atoms with Gasteiger partial charge in [-0.2, -0.15) is 0 Å². The summed E-state index contributed by atoms with van der Waals surface area (Å²) in [4.78, 5) is 0. The lowest BCUT2D eigenvalue weighted by Crippen LogP contribution is -1.97. The van der Waals surface area contributed by atoms with Crippen molar-refractivity contribution in [2.24, 2.45) is 5.92 Å². The van der Waals surface area contributed by atoms with Gasteiger partial charge in [-0.3, -0.25) is 0 Å². The van der Waals surface area contributed by atoms with Gasteiger partial charge in [-0.05, 0) is 100 Å². The van der Waals surface area contributed by atoms with Gasteiger partial charge in [-0.1, -0.05) is 147 Å². The van der Waals surface area contributed by atoms with Gasteiger partial charge in [0.25, 0.3) is 0 Å². The molecule has 200 valence electrons. The summed E-state index contributed by atoms with van der Waals surface area (Å²) >= 11 is 0.